The molecule has 10 heavy (non-hydrogen) atoms. The second kappa shape index (κ2) is 2.86. The first-order chi connectivity index (χ1) is 4.63. The van der Waals surface area contributed by atoms with Crippen LogP contribution in [-0.4, -0.2) is 35.1 Å². The van der Waals surface area contributed by atoms with Gasteiger partial charge in [0, 0.05) is 5.92 Å². The summed E-state index contributed by atoms with van der Waals surface area (Å²) in [5, 5.41) is 18.5. The minimum Gasteiger partial charge on any atom is -0.390 e. The van der Waals surface area contributed by atoms with Crippen molar-refractivity contribution in [3.05, 3.63) is 0 Å². The first-order valence-corrected chi connectivity index (χ1v) is 3.60. The van der Waals surface area contributed by atoms with Crippen molar-refractivity contribution < 1.29 is 14.9 Å². The van der Waals surface area contributed by atoms with Gasteiger partial charge in [0.2, 0.25) is 0 Å². The van der Waals surface area contributed by atoms with Crippen molar-refractivity contribution in [2.24, 2.45) is 5.92 Å². The highest BCUT2D eigenvalue weighted by Crippen LogP contribution is 2.18. The SMILES string of the molecule is CC1OC[C@@H](C)[C@@H](O)C1O. The van der Waals surface area contributed by atoms with Crippen molar-refractivity contribution in [3.63, 3.8) is 0 Å². The number of aliphatic hydroxyl groups is 2. The van der Waals surface area contributed by atoms with Crippen LogP contribution in [0, 0.1) is 5.92 Å². The van der Waals surface area contributed by atoms with Crippen molar-refractivity contribution in [1.29, 1.82) is 0 Å². The monoisotopic (exact) mass is 146 g/mol. The van der Waals surface area contributed by atoms with Crippen molar-refractivity contribution >= 4 is 0 Å². The zero-order chi connectivity index (χ0) is 7.72. The number of ether oxygens (including phenoxy) is 1. The van der Waals surface area contributed by atoms with Crippen LogP contribution in [-0.2, 0) is 4.74 Å². The lowest BCUT2D eigenvalue weighted by Gasteiger charge is -2.34. The summed E-state index contributed by atoms with van der Waals surface area (Å²) in [6, 6.07) is 0. The first kappa shape index (κ1) is 7.98. The van der Waals surface area contributed by atoms with E-state index in [-0.39, 0.29) is 12.0 Å². The maximum absolute atomic E-state index is 9.29. The van der Waals surface area contributed by atoms with Gasteiger partial charge >= 0.3 is 0 Å². The molecule has 1 aliphatic rings. The molecule has 0 aromatic carbocycles. The second-order valence-corrected chi connectivity index (χ2v) is 3.00. The van der Waals surface area contributed by atoms with E-state index in [2.05, 4.69) is 0 Å². The van der Waals surface area contributed by atoms with Crippen LogP contribution in [0.3, 0.4) is 0 Å². The molecular weight excluding hydrogens is 132 g/mol. The zero-order valence-corrected chi connectivity index (χ0v) is 6.32. The standard InChI is InChI=1S/C7H14O3/c1-4-3-10-5(2)7(9)6(4)8/h4-9H,3H2,1-2H3/t4-,5?,6-,7?/m1/s1. The normalized spacial score (nSPS) is 49.2. The van der Waals surface area contributed by atoms with Gasteiger partial charge in [0.15, 0.2) is 0 Å². The Hall–Kier alpha value is -0.120. The summed E-state index contributed by atoms with van der Waals surface area (Å²) in [6.45, 7) is 4.17. The molecule has 0 spiro atoms. The Bertz CT molecular complexity index is 101. The lowest BCUT2D eigenvalue weighted by atomic mass is 9.95. The van der Waals surface area contributed by atoms with Gasteiger partial charge in [-0.25, -0.2) is 0 Å². The predicted octanol–water partition coefficient (Wildman–Crippen LogP) is -0.237. The van der Waals surface area contributed by atoms with Crippen LogP contribution in [0.1, 0.15) is 13.8 Å². The van der Waals surface area contributed by atoms with E-state index in [4.69, 9.17) is 4.74 Å². The third-order valence-corrected chi connectivity index (χ3v) is 2.04. The molecule has 0 saturated carbocycles. The lowest BCUT2D eigenvalue weighted by Crippen LogP contribution is -2.47. The molecule has 1 saturated heterocycles. The zero-order valence-electron chi connectivity index (χ0n) is 6.32. The molecule has 0 aliphatic carbocycles. The Balaban J connectivity index is 2.52. The molecule has 0 radical (unpaired) electrons. The Morgan fingerprint density at radius 3 is 2.30 bits per heavy atom. The van der Waals surface area contributed by atoms with Crippen LogP contribution < -0.4 is 0 Å². The van der Waals surface area contributed by atoms with Crippen molar-refractivity contribution in [3.8, 4) is 0 Å². The predicted molar refractivity (Wildman–Crippen MR) is 36.6 cm³/mol. The third-order valence-electron chi connectivity index (χ3n) is 2.04. The van der Waals surface area contributed by atoms with Gasteiger partial charge in [-0.2, -0.15) is 0 Å². The fraction of sp³-hybridized carbons (Fsp3) is 1.00. The summed E-state index contributed by atoms with van der Waals surface area (Å²) in [5.74, 6) is 0.0474. The van der Waals surface area contributed by atoms with Gasteiger partial charge in [-0.1, -0.05) is 6.92 Å². The molecule has 60 valence electrons. The van der Waals surface area contributed by atoms with E-state index < -0.39 is 12.2 Å². The molecule has 0 bridgehead atoms. The van der Waals surface area contributed by atoms with Crippen LogP contribution in [0.15, 0.2) is 0 Å². The van der Waals surface area contributed by atoms with E-state index in [0.29, 0.717) is 6.61 Å². The first-order valence-electron chi connectivity index (χ1n) is 3.60. The molecule has 0 amide bonds. The van der Waals surface area contributed by atoms with E-state index in [0.717, 1.165) is 0 Å². The molecule has 2 N–H and O–H groups in total. The number of aliphatic hydroxyl groups excluding tert-OH is 2. The number of hydrogen-bond acceptors (Lipinski definition) is 3. The highest BCUT2D eigenvalue weighted by Gasteiger charge is 2.33. The van der Waals surface area contributed by atoms with Gasteiger partial charge < -0.3 is 14.9 Å². The fourth-order valence-electron chi connectivity index (χ4n) is 1.12. The average molecular weight is 146 g/mol. The molecule has 1 heterocycles. The summed E-state index contributed by atoms with van der Waals surface area (Å²) in [6.07, 6.45) is -1.57. The number of hydrogen-bond donors (Lipinski definition) is 2. The van der Waals surface area contributed by atoms with Crippen LogP contribution >= 0.6 is 0 Å². The van der Waals surface area contributed by atoms with Gasteiger partial charge in [0.1, 0.15) is 6.10 Å². The van der Waals surface area contributed by atoms with E-state index in [1.165, 1.54) is 0 Å². The Morgan fingerprint density at radius 1 is 1.20 bits per heavy atom. The van der Waals surface area contributed by atoms with E-state index >= 15 is 0 Å². The summed E-state index contributed by atoms with van der Waals surface area (Å²) in [5.41, 5.74) is 0. The molecular formula is C7H14O3. The highest BCUT2D eigenvalue weighted by atomic mass is 16.5. The van der Waals surface area contributed by atoms with Crippen LogP contribution in [0.4, 0.5) is 0 Å². The van der Waals surface area contributed by atoms with Crippen LogP contribution in [0.2, 0.25) is 0 Å². The lowest BCUT2D eigenvalue weighted by molar-refractivity contribution is -0.153. The van der Waals surface area contributed by atoms with Gasteiger partial charge in [-0.05, 0) is 6.92 Å². The molecule has 2 unspecified atom stereocenters. The molecule has 0 aromatic heterocycles. The Morgan fingerprint density at radius 2 is 1.80 bits per heavy atom. The average Bonchev–Trinajstić information content (AvgIpc) is 1.93. The van der Waals surface area contributed by atoms with E-state index in [9.17, 15) is 10.2 Å². The molecule has 3 heteroatoms. The summed E-state index contributed by atoms with van der Waals surface area (Å²) in [7, 11) is 0. The molecule has 0 aromatic rings. The summed E-state index contributed by atoms with van der Waals surface area (Å²) in [4.78, 5) is 0. The maximum atomic E-state index is 9.29. The second-order valence-electron chi connectivity index (χ2n) is 3.00. The van der Waals surface area contributed by atoms with Gasteiger partial charge in [-0.3, -0.25) is 0 Å². The molecule has 1 aliphatic heterocycles. The Kier molecular flexibility index (Phi) is 2.28. The van der Waals surface area contributed by atoms with Crippen LogP contribution in [0.25, 0.3) is 0 Å². The highest BCUT2D eigenvalue weighted by molar-refractivity contribution is 4.81. The summed E-state index contributed by atoms with van der Waals surface area (Å²) >= 11 is 0. The quantitative estimate of drug-likeness (QED) is 0.496. The van der Waals surface area contributed by atoms with E-state index in [1.54, 1.807) is 6.92 Å². The maximum Gasteiger partial charge on any atom is 0.106 e. The topological polar surface area (TPSA) is 49.7 Å². The minimum absolute atomic E-state index is 0.0474. The smallest absolute Gasteiger partial charge is 0.106 e. The van der Waals surface area contributed by atoms with Gasteiger partial charge in [-0.15, -0.1) is 0 Å². The molecule has 1 rings (SSSR count). The van der Waals surface area contributed by atoms with Crippen molar-refractivity contribution in [1.82, 2.24) is 0 Å². The van der Waals surface area contributed by atoms with Gasteiger partial charge in [0.05, 0.1) is 18.8 Å². The minimum atomic E-state index is -0.719. The number of rotatable bonds is 0. The third kappa shape index (κ3) is 1.31. The van der Waals surface area contributed by atoms with Crippen LogP contribution in [0.5, 0.6) is 0 Å². The van der Waals surface area contributed by atoms with Crippen molar-refractivity contribution in [2.75, 3.05) is 6.61 Å². The largest absolute Gasteiger partial charge is 0.390 e. The molecule has 3 nitrogen and oxygen atoms in total. The Labute approximate surface area is 60.6 Å². The van der Waals surface area contributed by atoms with E-state index in [1.807, 2.05) is 6.92 Å². The molecule has 1 fully saturated rings. The fourth-order valence-corrected chi connectivity index (χ4v) is 1.12. The van der Waals surface area contributed by atoms with Crippen molar-refractivity contribution in [2.45, 2.75) is 32.2 Å². The summed E-state index contributed by atoms with van der Waals surface area (Å²) < 4.78 is 5.16. The van der Waals surface area contributed by atoms with Gasteiger partial charge in [0.25, 0.3) is 0 Å². The molecule has 4 atom stereocenters.